The first-order chi connectivity index (χ1) is 10.5. The number of carbonyl (C=O) groups is 1. The van der Waals surface area contributed by atoms with Crippen LogP contribution in [-0.2, 0) is 9.53 Å². The van der Waals surface area contributed by atoms with Crippen LogP contribution in [-0.4, -0.2) is 45.7 Å². The summed E-state index contributed by atoms with van der Waals surface area (Å²) in [6.45, 7) is 3.02. The lowest BCUT2D eigenvalue weighted by Gasteiger charge is -2.33. The Morgan fingerprint density at radius 1 is 1.73 bits per heavy atom. The normalized spacial score (nSPS) is 34.9. The molecule has 1 fully saturated rings. The van der Waals surface area contributed by atoms with Crippen LogP contribution in [0.5, 0.6) is 0 Å². The zero-order valence-corrected chi connectivity index (χ0v) is 12.1. The van der Waals surface area contributed by atoms with E-state index >= 15 is 0 Å². The number of hydrogen-bond donors (Lipinski definition) is 4. The molecule has 2 heterocycles. The fourth-order valence-electron chi connectivity index (χ4n) is 2.40. The van der Waals surface area contributed by atoms with E-state index < -0.39 is 30.6 Å². The topological polar surface area (TPSA) is 132 Å². The average Bonchev–Trinajstić information content (AvgIpc) is 2.74. The largest absolute Gasteiger partial charge is 0.391 e. The van der Waals surface area contributed by atoms with E-state index in [2.05, 4.69) is 21.9 Å². The van der Waals surface area contributed by atoms with Gasteiger partial charge in [-0.15, -0.1) is 0 Å². The number of aliphatic hydroxyl groups is 2. The second-order valence-electron chi connectivity index (χ2n) is 4.71. The van der Waals surface area contributed by atoms with E-state index in [0.29, 0.717) is 0 Å². The number of hydrogen-bond acceptors (Lipinski definition) is 7. The number of rotatable bonds is 4. The Hall–Kier alpha value is -2.03. The summed E-state index contributed by atoms with van der Waals surface area (Å²) in [5.41, 5.74) is 6.25. The third-order valence-corrected chi connectivity index (χ3v) is 3.61. The second-order valence-corrected chi connectivity index (χ2v) is 4.96. The molecule has 4 N–H and O–H groups in total. The van der Waals surface area contributed by atoms with Crippen LogP contribution in [0.15, 0.2) is 41.4 Å². The summed E-state index contributed by atoms with van der Waals surface area (Å²) in [7, 11) is 0. The number of ether oxygens (including phenoxy) is 1. The number of amides is 1. The molecule has 22 heavy (non-hydrogen) atoms. The van der Waals surface area contributed by atoms with Gasteiger partial charge in [-0.1, -0.05) is 24.3 Å². The zero-order valence-electron chi connectivity index (χ0n) is 11.4. The Morgan fingerprint density at radius 3 is 3.00 bits per heavy atom. The Labute approximate surface area is 130 Å². The Bertz CT molecular complexity index is 588. The van der Waals surface area contributed by atoms with Crippen LogP contribution >= 0.6 is 11.6 Å². The van der Waals surface area contributed by atoms with Crippen LogP contribution in [0.2, 0.25) is 0 Å². The molecule has 9 nitrogen and oxygen atoms in total. The molecule has 0 aromatic heterocycles. The molecule has 118 valence electrons. The highest BCUT2D eigenvalue weighted by atomic mass is 35.5. The standard InChI is InChI=1S/C12H14ClN5O4/c1-7-15-9(20)3-5-18(7)11-8(2-4-13)10(21)12(6-19,22-11)16-17-14/h2-5,8,10-11,14,19,21H,1,6H2/p+1/t8-,10-,11+,12+/m0/s1. The van der Waals surface area contributed by atoms with Crippen LogP contribution in [0.1, 0.15) is 0 Å². The predicted octanol–water partition coefficient (Wildman–Crippen LogP) is -0.272. The first kappa shape index (κ1) is 16.3. The summed E-state index contributed by atoms with van der Waals surface area (Å²) in [5, 5.41) is 25.9. The molecule has 1 amide bonds. The maximum Gasteiger partial charge on any atom is 0.293 e. The van der Waals surface area contributed by atoms with Gasteiger partial charge in [0.1, 0.15) is 30.3 Å². The van der Waals surface area contributed by atoms with E-state index in [1.807, 2.05) is 0 Å². The van der Waals surface area contributed by atoms with E-state index in [1.54, 1.807) is 0 Å². The van der Waals surface area contributed by atoms with E-state index in [-0.39, 0.29) is 11.7 Å². The van der Waals surface area contributed by atoms with Crippen molar-refractivity contribution in [2.75, 3.05) is 6.61 Å². The van der Waals surface area contributed by atoms with Gasteiger partial charge in [0.25, 0.3) is 11.6 Å². The molecule has 0 radical (unpaired) electrons. The number of nitrogens with one attached hydrogen (secondary N) is 2. The molecule has 0 aliphatic carbocycles. The summed E-state index contributed by atoms with van der Waals surface area (Å²) in [6, 6.07) is 0. The minimum absolute atomic E-state index is 0.231. The zero-order chi connectivity index (χ0) is 16.3. The smallest absolute Gasteiger partial charge is 0.293 e. The molecule has 2 aliphatic heterocycles. The summed E-state index contributed by atoms with van der Waals surface area (Å²) in [4.78, 5) is 15.6. The van der Waals surface area contributed by atoms with Crippen LogP contribution in [0.25, 0.3) is 0 Å². The lowest BCUT2D eigenvalue weighted by atomic mass is 9.96. The third-order valence-electron chi connectivity index (χ3n) is 3.46. The Kier molecular flexibility index (Phi) is 4.74. The first-order valence-electron chi connectivity index (χ1n) is 6.27. The summed E-state index contributed by atoms with van der Waals surface area (Å²) in [5.74, 6) is -0.815. The van der Waals surface area contributed by atoms with Crippen LogP contribution in [0.4, 0.5) is 0 Å². The van der Waals surface area contributed by atoms with E-state index in [4.69, 9.17) is 21.9 Å². The SMILES string of the molecule is C=C1NC(=O)C=CN1[C@@H]1O[C@@](CO)(N=[N+]=N)[C@@H](O)[C@@H]1C=CCl. The lowest BCUT2D eigenvalue weighted by molar-refractivity contribution is -0.136. The summed E-state index contributed by atoms with van der Waals surface area (Å²) < 4.78 is 5.63. The average molecular weight is 329 g/mol. The monoisotopic (exact) mass is 328 g/mol. The first-order valence-corrected chi connectivity index (χ1v) is 6.71. The van der Waals surface area contributed by atoms with Crippen molar-refractivity contribution >= 4 is 17.5 Å². The molecule has 0 bridgehead atoms. The van der Waals surface area contributed by atoms with Crippen LogP contribution < -0.4 is 10.2 Å². The van der Waals surface area contributed by atoms with Gasteiger partial charge in [-0.3, -0.25) is 4.79 Å². The van der Waals surface area contributed by atoms with Gasteiger partial charge in [-0.2, -0.15) is 0 Å². The molecular weight excluding hydrogens is 314 g/mol. The van der Waals surface area contributed by atoms with Crippen LogP contribution in [0, 0.1) is 11.4 Å². The van der Waals surface area contributed by atoms with E-state index in [1.165, 1.54) is 28.8 Å². The van der Waals surface area contributed by atoms with Gasteiger partial charge in [0.2, 0.25) is 4.91 Å². The van der Waals surface area contributed by atoms with Gasteiger partial charge in [0, 0.05) is 17.8 Å². The fraction of sp³-hybridized carbons (Fsp3) is 0.417. The van der Waals surface area contributed by atoms with Crippen molar-refractivity contribution < 1.29 is 19.7 Å². The van der Waals surface area contributed by atoms with Crippen molar-refractivity contribution in [3.63, 3.8) is 0 Å². The van der Waals surface area contributed by atoms with Crippen molar-refractivity contribution in [3.8, 4) is 0 Å². The van der Waals surface area contributed by atoms with Gasteiger partial charge in [-0.25, -0.2) is 0 Å². The lowest BCUT2D eigenvalue weighted by Crippen LogP contribution is -2.44. The highest BCUT2D eigenvalue weighted by Gasteiger charge is 2.59. The molecule has 0 spiro atoms. The molecule has 2 aliphatic rings. The van der Waals surface area contributed by atoms with Crippen LogP contribution in [0.3, 0.4) is 0 Å². The van der Waals surface area contributed by atoms with Crippen molar-refractivity contribution in [3.05, 3.63) is 36.3 Å². The minimum atomic E-state index is -1.79. The maximum atomic E-state index is 11.3. The molecule has 0 aromatic rings. The number of halogens is 1. The molecular formula is C12H15ClN5O4+. The molecule has 2 rings (SSSR count). The Morgan fingerprint density at radius 2 is 2.45 bits per heavy atom. The van der Waals surface area contributed by atoms with Gasteiger partial charge >= 0.3 is 0 Å². The van der Waals surface area contributed by atoms with Crippen molar-refractivity contribution in [1.29, 1.82) is 5.53 Å². The van der Waals surface area contributed by atoms with Gasteiger partial charge in [-0.05, 0) is 0 Å². The minimum Gasteiger partial charge on any atom is -0.391 e. The molecule has 1 saturated heterocycles. The Balaban J connectivity index is 2.41. The summed E-state index contributed by atoms with van der Waals surface area (Å²) in [6.07, 6.45) is 2.00. The second kappa shape index (κ2) is 6.39. The number of carbonyl (C=O) groups excluding carboxylic acids is 1. The van der Waals surface area contributed by atoms with Crippen molar-refractivity contribution in [1.82, 2.24) is 15.1 Å². The highest BCUT2D eigenvalue weighted by Crippen LogP contribution is 2.40. The fourth-order valence-corrected chi connectivity index (χ4v) is 2.56. The quantitative estimate of drug-likeness (QED) is 0.416. The molecule has 10 heteroatoms. The molecule has 0 saturated carbocycles. The van der Waals surface area contributed by atoms with Crippen molar-refractivity contribution in [2.45, 2.75) is 18.1 Å². The highest BCUT2D eigenvalue weighted by molar-refractivity contribution is 6.25. The number of aliphatic hydroxyl groups excluding tert-OH is 2. The third kappa shape index (κ3) is 2.68. The molecule has 4 atom stereocenters. The van der Waals surface area contributed by atoms with Gasteiger partial charge in [0.15, 0.2) is 5.11 Å². The number of nitrogens with zero attached hydrogens (tertiary/aromatic N) is 3. The maximum absolute atomic E-state index is 11.3. The molecule has 0 aromatic carbocycles. The predicted molar refractivity (Wildman–Crippen MR) is 74.7 cm³/mol. The van der Waals surface area contributed by atoms with E-state index in [9.17, 15) is 15.0 Å². The summed E-state index contributed by atoms with van der Waals surface area (Å²) >= 11 is 5.59. The molecule has 0 unspecified atom stereocenters. The van der Waals surface area contributed by atoms with Gasteiger partial charge in [0.05, 0.1) is 5.92 Å². The van der Waals surface area contributed by atoms with E-state index in [0.717, 1.165) is 0 Å². The van der Waals surface area contributed by atoms with Gasteiger partial charge < -0.3 is 25.2 Å². The van der Waals surface area contributed by atoms with Crippen molar-refractivity contribution in [2.24, 2.45) is 11.0 Å².